The zero-order valence-electron chi connectivity index (χ0n) is 18.1. The zero-order chi connectivity index (χ0) is 23.4. The fraction of sp³-hybridized carbons (Fsp3) is 0.500. The lowest BCUT2D eigenvalue weighted by Gasteiger charge is -2.32. The summed E-state index contributed by atoms with van der Waals surface area (Å²) < 4.78 is 33.7. The highest BCUT2D eigenvalue weighted by molar-refractivity contribution is 9.10. The van der Waals surface area contributed by atoms with E-state index >= 15 is 0 Å². The third-order valence-corrected chi connectivity index (χ3v) is 6.24. The molecule has 1 aromatic heterocycles. The second-order valence-corrected chi connectivity index (χ2v) is 9.36. The maximum Gasteiger partial charge on any atom is 0.260 e. The summed E-state index contributed by atoms with van der Waals surface area (Å²) in [6, 6.07) is 5.00. The average molecular weight is 525 g/mol. The second-order valence-electron chi connectivity index (χ2n) is 8.44. The molecule has 0 bridgehead atoms. The molecule has 2 fully saturated rings. The first-order valence-corrected chi connectivity index (χ1v) is 11.7. The number of nitrogens with two attached hydrogens (primary N) is 1. The number of amides is 1. The molecule has 1 amide bonds. The minimum atomic E-state index is -2.64. The first kappa shape index (κ1) is 23.6. The number of alkyl halides is 2. The molecule has 11 heteroatoms. The van der Waals surface area contributed by atoms with Crippen LogP contribution in [0.2, 0.25) is 0 Å². The standard InChI is InChI=1S/C22H27BrF2N6O2/c23-16-11-27-21(28-12-16)29-17-4-7-31(13-17)20(32)15-2-3-18(26)19(10-15)33-9-8-30-6-1-5-22(24,25)14-30/h2-3,10-12,17H,1,4-9,13-14,26H2,(H,27,28,29)/t17-/m1/s1. The van der Waals surface area contributed by atoms with Gasteiger partial charge in [0.2, 0.25) is 5.95 Å². The van der Waals surface area contributed by atoms with Gasteiger partial charge in [-0.2, -0.15) is 0 Å². The SMILES string of the molecule is Nc1ccc(C(=O)N2CC[C@@H](Nc3ncc(Br)cn3)C2)cc1OCCN1CCCC(F)(F)C1. The molecule has 0 spiro atoms. The van der Waals surface area contributed by atoms with Gasteiger partial charge in [0, 0.05) is 50.1 Å². The summed E-state index contributed by atoms with van der Waals surface area (Å²) in [7, 11) is 0. The number of aromatic nitrogens is 2. The smallest absolute Gasteiger partial charge is 0.260 e. The van der Waals surface area contributed by atoms with Crippen LogP contribution in [0.3, 0.4) is 0 Å². The van der Waals surface area contributed by atoms with E-state index in [4.69, 9.17) is 10.5 Å². The molecule has 2 saturated heterocycles. The summed E-state index contributed by atoms with van der Waals surface area (Å²) in [5.74, 6) is -1.85. The normalized spacial score (nSPS) is 20.6. The highest BCUT2D eigenvalue weighted by Gasteiger charge is 2.34. The number of carbonyl (C=O) groups excluding carboxylic acids is 1. The lowest BCUT2D eigenvalue weighted by atomic mass is 10.1. The van der Waals surface area contributed by atoms with Gasteiger partial charge < -0.3 is 20.7 Å². The van der Waals surface area contributed by atoms with Crippen molar-refractivity contribution in [3.63, 3.8) is 0 Å². The molecular weight excluding hydrogens is 498 g/mol. The highest BCUT2D eigenvalue weighted by Crippen LogP contribution is 2.27. The number of carbonyl (C=O) groups is 1. The molecule has 0 unspecified atom stereocenters. The van der Waals surface area contributed by atoms with Crippen molar-refractivity contribution in [3.8, 4) is 5.75 Å². The van der Waals surface area contributed by atoms with Gasteiger partial charge in [0.05, 0.1) is 16.7 Å². The minimum absolute atomic E-state index is 0.0577. The number of hydrogen-bond acceptors (Lipinski definition) is 7. The van der Waals surface area contributed by atoms with Crippen LogP contribution in [0.1, 0.15) is 29.6 Å². The summed E-state index contributed by atoms with van der Waals surface area (Å²) in [5, 5.41) is 3.25. The molecule has 3 heterocycles. The van der Waals surface area contributed by atoms with Gasteiger partial charge in [-0.15, -0.1) is 0 Å². The molecule has 3 N–H and O–H groups in total. The fourth-order valence-corrected chi connectivity index (χ4v) is 4.33. The average Bonchev–Trinajstić information content (AvgIpc) is 3.24. The Kier molecular flexibility index (Phi) is 7.28. The van der Waals surface area contributed by atoms with E-state index < -0.39 is 5.92 Å². The summed E-state index contributed by atoms with van der Waals surface area (Å²) >= 11 is 3.31. The van der Waals surface area contributed by atoms with E-state index in [0.29, 0.717) is 55.5 Å². The van der Waals surface area contributed by atoms with E-state index in [-0.39, 0.29) is 31.5 Å². The molecule has 0 radical (unpaired) electrons. The Balaban J connectivity index is 1.31. The summed E-state index contributed by atoms with van der Waals surface area (Å²) in [6.07, 6.45) is 4.52. The number of rotatable bonds is 7. The van der Waals surface area contributed by atoms with Crippen LogP contribution >= 0.6 is 15.9 Å². The van der Waals surface area contributed by atoms with Crippen molar-refractivity contribution in [3.05, 3.63) is 40.6 Å². The van der Waals surface area contributed by atoms with E-state index in [1.165, 1.54) is 0 Å². The molecule has 33 heavy (non-hydrogen) atoms. The van der Waals surface area contributed by atoms with Crippen molar-refractivity contribution < 1.29 is 18.3 Å². The Morgan fingerprint density at radius 3 is 2.85 bits per heavy atom. The van der Waals surface area contributed by atoms with Crippen molar-refractivity contribution >= 4 is 33.5 Å². The van der Waals surface area contributed by atoms with E-state index in [9.17, 15) is 13.6 Å². The number of benzene rings is 1. The molecule has 8 nitrogen and oxygen atoms in total. The zero-order valence-corrected chi connectivity index (χ0v) is 19.7. The van der Waals surface area contributed by atoms with E-state index in [1.54, 1.807) is 40.4 Å². The summed E-state index contributed by atoms with van der Waals surface area (Å²) in [5.41, 5.74) is 6.90. The first-order chi connectivity index (χ1) is 15.8. The summed E-state index contributed by atoms with van der Waals surface area (Å²) in [4.78, 5) is 24.9. The van der Waals surface area contributed by atoms with E-state index in [0.717, 1.165) is 10.9 Å². The minimum Gasteiger partial charge on any atom is -0.490 e. The largest absolute Gasteiger partial charge is 0.490 e. The Bertz CT molecular complexity index is 978. The number of nitrogens with one attached hydrogen (secondary N) is 1. The molecule has 0 saturated carbocycles. The number of nitrogen functional groups attached to an aromatic ring is 1. The molecule has 2 aliphatic rings. The molecule has 4 rings (SSSR count). The fourth-order valence-electron chi connectivity index (χ4n) is 4.13. The third-order valence-electron chi connectivity index (χ3n) is 5.83. The summed E-state index contributed by atoms with van der Waals surface area (Å²) in [6.45, 7) is 2.12. The van der Waals surface area contributed by atoms with Gasteiger partial charge in [-0.05, 0) is 53.5 Å². The quantitative estimate of drug-likeness (QED) is 0.536. The van der Waals surface area contributed by atoms with Gasteiger partial charge >= 0.3 is 0 Å². The predicted molar refractivity (Wildman–Crippen MR) is 125 cm³/mol. The van der Waals surface area contributed by atoms with Gasteiger partial charge in [-0.25, -0.2) is 18.7 Å². The molecule has 0 aliphatic carbocycles. The van der Waals surface area contributed by atoms with E-state index in [1.807, 2.05) is 0 Å². The van der Waals surface area contributed by atoms with Gasteiger partial charge in [-0.1, -0.05) is 0 Å². The second kappa shape index (κ2) is 10.2. The van der Waals surface area contributed by atoms with E-state index in [2.05, 4.69) is 31.2 Å². The number of likely N-dealkylation sites (tertiary alicyclic amines) is 2. The van der Waals surface area contributed by atoms with Crippen molar-refractivity contribution in [2.45, 2.75) is 31.2 Å². The van der Waals surface area contributed by atoms with Crippen molar-refractivity contribution in [1.29, 1.82) is 0 Å². The number of ether oxygens (including phenoxy) is 1. The van der Waals surface area contributed by atoms with Crippen LogP contribution in [0.15, 0.2) is 35.1 Å². The lowest BCUT2D eigenvalue weighted by Crippen LogP contribution is -2.44. The predicted octanol–water partition coefficient (Wildman–Crippen LogP) is 3.26. The monoisotopic (exact) mass is 524 g/mol. The van der Waals surface area contributed by atoms with Crippen LogP contribution < -0.4 is 15.8 Å². The van der Waals surface area contributed by atoms with Crippen LogP contribution in [-0.2, 0) is 0 Å². The van der Waals surface area contributed by atoms with Gasteiger partial charge in [0.1, 0.15) is 12.4 Å². The topological polar surface area (TPSA) is 96.6 Å². The van der Waals surface area contributed by atoms with Crippen LogP contribution in [0.4, 0.5) is 20.4 Å². The highest BCUT2D eigenvalue weighted by atomic mass is 79.9. The molecule has 178 valence electrons. The van der Waals surface area contributed by atoms with Gasteiger partial charge in [0.25, 0.3) is 11.8 Å². The van der Waals surface area contributed by atoms with Crippen molar-refractivity contribution in [1.82, 2.24) is 19.8 Å². The van der Waals surface area contributed by atoms with Crippen LogP contribution in [0.25, 0.3) is 0 Å². The van der Waals surface area contributed by atoms with Gasteiger partial charge in [0.15, 0.2) is 0 Å². The maximum atomic E-state index is 13.6. The van der Waals surface area contributed by atoms with Gasteiger partial charge in [-0.3, -0.25) is 9.69 Å². The lowest BCUT2D eigenvalue weighted by molar-refractivity contribution is -0.0656. The molecule has 2 aliphatic heterocycles. The van der Waals surface area contributed by atoms with Crippen LogP contribution in [0, 0.1) is 0 Å². The molecule has 2 aromatic rings. The number of piperidine rings is 1. The Hall–Kier alpha value is -2.53. The van der Waals surface area contributed by atoms with Crippen LogP contribution in [0.5, 0.6) is 5.75 Å². The Morgan fingerprint density at radius 1 is 1.30 bits per heavy atom. The number of halogens is 3. The molecule has 1 aromatic carbocycles. The Morgan fingerprint density at radius 2 is 2.09 bits per heavy atom. The number of hydrogen-bond donors (Lipinski definition) is 2. The molecular formula is C22H27BrF2N6O2. The number of anilines is 2. The third kappa shape index (κ3) is 6.29. The Labute approximate surface area is 199 Å². The maximum absolute atomic E-state index is 13.6. The number of nitrogens with zero attached hydrogens (tertiary/aromatic N) is 4. The first-order valence-electron chi connectivity index (χ1n) is 10.9. The van der Waals surface area contributed by atoms with Crippen LogP contribution in [-0.4, -0.2) is 77.0 Å². The van der Waals surface area contributed by atoms with Crippen molar-refractivity contribution in [2.24, 2.45) is 0 Å². The molecule has 1 atom stereocenters. The van der Waals surface area contributed by atoms with Crippen molar-refractivity contribution in [2.75, 3.05) is 50.4 Å².